The number of nitrogens with one attached hydrogen (secondary N) is 1. The highest BCUT2D eigenvalue weighted by molar-refractivity contribution is 7.91. The maximum atomic E-state index is 12.0. The highest BCUT2D eigenvalue weighted by Gasteiger charge is 2.28. The molecule has 1 aliphatic rings. The molecule has 1 saturated heterocycles. The summed E-state index contributed by atoms with van der Waals surface area (Å²) in [7, 11) is -2.94. The van der Waals surface area contributed by atoms with E-state index in [0.717, 1.165) is 6.42 Å². The van der Waals surface area contributed by atoms with Gasteiger partial charge in [-0.3, -0.25) is 9.59 Å². The van der Waals surface area contributed by atoms with Crippen molar-refractivity contribution in [1.29, 1.82) is 0 Å². The summed E-state index contributed by atoms with van der Waals surface area (Å²) in [6.45, 7) is 2.69. The fourth-order valence-electron chi connectivity index (χ4n) is 2.30. The first-order chi connectivity index (χ1) is 9.91. The number of carbonyl (C=O) groups is 1. The molecule has 0 radical (unpaired) electrons. The van der Waals surface area contributed by atoms with E-state index < -0.39 is 9.84 Å². The molecule has 0 spiro atoms. The maximum absolute atomic E-state index is 12.0. The van der Waals surface area contributed by atoms with Gasteiger partial charge in [-0.1, -0.05) is 6.92 Å². The molecule has 8 heteroatoms. The van der Waals surface area contributed by atoms with Crippen molar-refractivity contribution >= 4 is 15.7 Å². The zero-order chi connectivity index (χ0) is 15.5. The Morgan fingerprint density at radius 2 is 2.24 bits per heavy atom. The minimum atomic E-state index is -2.94. The molecule has 0 aromatic carbocycles. The zero-order valence-corrected chi connectivity index (χ0v) is 12.7. The van der Waals surface area contributed by atoms with E-state index in [2.05, 4.69) is 10.4 Å². The van der Waals surface area contributed by atoms with Crippen LogP contribution in [-0.4, -0.2) is 42.2 Å². The largest absolute Gasteiger partial charge is 0.350 e. The Balaban J connectivity index is 1.97. The molecule has 116 valence electrons. The van der Waals surface area contributed by atoms with Crippen molar-refractivity contribution in [2.75, 3.05) is 18.1 Å². The number of hydrogen-bond donors (Lipinski definition) is 1. The fourth-order valence-corrected chi connectivity index (χ4v) is 4.16. The molecule has 2 rings (SSSR count). The van der Waals surface area contributed by atoms with Crippen LogP contribution in [0.2, 0.25) is 0 Å². The predicted molar refractivity (Wildman–Crippen MR) is 77.9 cm³/mol. The Kier molecular flexibility index (Phi) is 4.76. The SMILES string of the molecule is CCCn1nc(C(=O)NC[C@@H]2CCS(=O)(=O)C2)ccc1=O. The first-order valence-electron chi connectivity index (χ1n) is 6.98. The molecule has 2 heterocycles. The number of rotatable bonds is 5. The summed E-state index contributed by atoms with van der Waals surface area (Å²) >= 11 is 0. The van der Waals surface area contributed by atoms with Crippen LogP contribution in [0.25, 0.3) is 0 Å². The summed E-state index contributed by atoms with van der Waals surface area (Å²) in [6, 6.07) is 2.70. The third-order valence-corrected chi connectivity index (χ3v) is 5.25. The van der Waals surface area contributed by atoms with Gasteiger partial charge in [0.25, 0.3) is 11.5 Å². The summed E-state index contributed by atoms with van der Waals surface area (Å²) in [5, 5.41) is 6.70. The van der Waals surface area contributed by atoms with Crippen molar-refractivity contribution in [3.8, 4) is 0 Å². The number of aryl methyl sites for hydroxylation is 1. The summed E-state index contributed by atoms with van der Waals surface area (Å²) in [5.74, 6) is -0.118. The van der Waals surface area contributed by atoms with Crippen LogP contribution in [0.3, 0.4) is 0 Å². The van der Waals surface area contributed by atoms with Crippen LogP contribution in [0.4, 0.5) is 0 Å². The first kappa shape index (κ1) is 15.7. The van der Waals surface area contributed by atoms with Gasteiger partial charge >= 0.3 is 0 Å². The summed E-state index contributed by atoms with van der Waals surface area (Å²) in [5.41, 5.74) is -0.0702. The summed E-state index contributed by atoms with van der Waals surface area (Å²) < 4.78 is 24.0. The number of sulfone groups is 1. The van der Waals surface area contributed by atoms with Crippen molar-refractivity contribution in [1.82, 2.24) is 15.1 Å². The van der Waals surface area contributed by atoms with Gasteiger partial charge in [-0.25, -0.2) is 13.1 Å². The topological polar surface area (TPSA) is 98.1 Å². The lowest BCUT2D eigenvalue weighted by Gasteiger charge is -2.10. The number of hydrogen-bond acceptors (Lipinski definition) is 5. The molecular weight excluding hydrogens is 294 g/mol. The van der Waals surface area contributed by atoms with E-state index in [4.69, 9.17) is 0 Å². The van der Waals surface area contributed by atoms with E-state index in [0.29, 0.717) is 19.5 Å². The molecule has 0 bridgehead atoms. The second-order valence-corrected chi connectivity index (χ2v) is 7.49. The van der Waals surface area contributed by atoms with Crippen LogP contribution < -0.4 is 10.9 Å². The smallest absolute Gasteiger partial charge is 0.271 e. The van der Waals surface area contributed by atoms with Crippen molar-refractivity contribution in [2.24, 2.45) is 5.92 Å². The van der Waals surface area contributed by atoms with Crippen molar-refractivity contribution < 1.29 is 13.2 Å². The number of amides is 1. The molecule has 1 amide bonds. The third kappa shape index (κ3) is 4.13. The predicted octanol–water partition coefficient (Wildman–Crippen LogP) is -0.182. The molecule has 1 aromatic heterocycles. The Morgan fingerprint density at radius 1 is 1.48 bits per heavy atom. The second-order valence-electron chi connectivity index (χ2n) is 5.26. The third-order valence-electron chi connectivity index (χ3n) is 3.41. The van der Waals surface area contributed by atoms with E-state index in [9.17, 15) is 18.0 Å². The molecule has 1 atom stereocenters. The van der Waals surface area contributed by atoms with Gasteiger partial charge in [-0.05, 0) is 24.8 Å². The molecule has 0 unspecified atom stereocenters. The van der Waals surface area contributed by atoms with Gasteiger partial charge in [0, 0.05) is 19.2 Å². The Morgan fingerprint density at radius 3 is 2.86 bits per heavy atom. The molecule has 1 aromatic rings. The highest BCUT2D eigenvalue weighted by Crippen LogP contribution is 2.17. The normalized spacial score (nSPS) is 20.3. The van der Waals surface area contributed by atoms with Crippen LogP contribution >= 0.6 is 0 Å². The standard InChI is InChI=1S/C13H19N3O4S/c1-2-6-16-12(17)4-3-11(15-16)13(18)14-8-10-5-7-21(19,20)9-10/h3-4,10H,2,5-9H2,1H3,(H,14,18)/t10-/m0/s1. The molecule has 0 saturated carbocycles. The minimum Gasteiger partial charge on any atom is -0.350 e. The summed E-state index contributed by atoms with van der Waals surface area (Å²) in [4.78, 5) is 23.5. The van der Waals surface area contributed by atoms with Crippen molar-refractivity contribution in [3.05, 3.63) is 28.2 Å². The number of nitrogens with zero attached hydrogens (tertiary/aromatic N) is 2. The lowest BCUT2D eigenvalue weighted by molar-refractivity contribution is 0.0940. The van der Waals surface area contributed by atoms with Gasteiger partial charge in [0.1, 0.15) is 5.69 Å². The highest BCUT2D eigenvalue weighted by atomic mass is 32.2. The lowest BCUT2D eigenvalue weighted by Crippen LogP contribution is -2.32. The Hall–Kier alpha value is -1.70. The maximum Gasteiger partial charge on any atom is 0.271 e. The number of aromatic nitrogens is 2. The molecule has 1 aliphatic heterocycles. The number of carbonyl (C=O) groups excluding carboxylic acids is 1. The Labute approximate surface area is 123 Å². The molecule has 1 fully saturated rings. The van der Waals surface area contributed by atoms with Crippen LogP contribution in [-0.2, 0) is 16.4 Å². The van der Waals surface area contributed by atoms with Gasteiger partial charge in [0.15, 0.2) is 9.84 Å². The molecular formula is C13H19N3O4S. The molecule has 1 N–H and O–H groups in total. The van der Waals surface area contributed by atoms with E-state index in [1.807, 2.05) is 6.92 Å². The lowest BCUT2D eigenvalue weighted by atomic mass is 10.1. The fraction of sp³-hybridized carbons (Fsp3) is 0.615. The Bertz CT molecular complexity index is 681. The van der Waals surface area contributed by atoms with Gasteiger partial charge in [-0.2, -0.15) is 5.10 Å². The van der Waals surface area contributed by atoms with E-state index in [-0.39, 0.29) is 34.6 Å². The molecule has 21 heavy (non-hydrogen) atoms. The quantitative estimate of drug-likeness (QED) is 0.813. The van der Waals surface area contributed by atoms with E-state index in [1.54, 1.807) is 0 Å². The minimum absolute atomic E-state index is 0.0412. The van der Waals surface area contributed by atoms with Gasteiger partial charge in [0.05, 0.1) is 11.5 Å². The van der Waals surface area contributed by atoms with Crippen molar-refractivity contribution in [3.63, 3.8) is 0 Å². The van der Waals surface area contributed by atoms with Crippen molar-refractivity contribution in [2.45, 2.75) is 26.3 Å². The van der Waals surface area contributed by atoms with Gasteiger partial charge in [-0.15, -0.1) is 0 Å². The average Bonchev–Trinajstić information content (AvgIpc) is 2.78. The monoisotopic (exact) mass is 313 g/mol. The average molecular weight is 313 g/mol. The van der Waals surface area contributed by atoms with Crippen LogP contribution in [0.5, 0.6) is 0 Å². The van der Waals surface area contributed by atoms with Gasteiger partial charge < -0.3 is 5.32 Å². The van der Waals surface area contributed by atoms with E-state index in [1.165, 1.54) is 16.8 Å². The summed E-state index contributed by atoms with van der Waals surface area (Å²) in [6.07, 6.45) is 1.32. The second kappa shape index (κ2) is 6.38. The van der Waals surface area contributed by atoms with Crippen LogP contribution in [0, 0.1) is 5.92 Å². The molecule has 0 aliphatic carbocycles. The van der Waals surface area contributed by atoms with Gasteiger partial charge in [0.2, 0.25) is 0 Å². The zero-order valence-electron chi connectivity index (χ0n) is 11.9. The van der Waals surface area contributed by atoms with Crippen LogP contribution in [0.15, 0.2) is 16.9 Å². The molecule has 7 nitrogen and oxygen atoms in total. The van der Waals surface area contributed by atoms with Crippen LogP contribution in [0.1, 0.15) is 30.3 Å². The first-order valence-corrected chi connectivity index (χ1v) is 8.80. The van der Waals surface area contributed by atoms with E-state index >= 15 is 0 Å².